The van der Waals surface area contributed by atoms with Crippen molar-refractivity contribution in [2.75, 3.05) is 0 Å². The van der Waals surface area contributed by atoms with Gasteiger partial charge in [0.1, 0.15) is 6.10 Å². The van der Waals surface area contributed by atoms with Gasteiger partial charge in [-0.2, -0.15) is 0 Å². The van der Waals surface area contributed by atoms with Crippen LogP contribution in [0.1, 0.15) is 33.6 Å². The van der Waals surface area contributed by atoms with Gasteiger partial charge in [0.25, 0.3) is 0 Å². The molecule has 3 heteroatoms. The van der Waals surface area contributed by atoms with Crippen molar-refractivity contribution in [1.29, 1.82) is 0 Å². The Morgan fingerprint density at radius 3 is 2.54 bits per heavy atom. The van der Waals surface area contributed by atoms with Gasteiger partial charge in [0.05, 0.1) is 6.10 Å². The van der Waals surface area contributed by atoms with Crippen LogP contribution in [0, 0.1) is 11.8 Å². The first-order chi connectivity index (χ1) is 6.00. The van der Waals surface area contributed by atoms with E-state index in [0.717, 1.165) is 12.8 Å². The van der Waals surface area contributed by atoms with Crippen LogP contribution < -0.4 is 0 Å². The minimum absolute atomic E-state index is 0.0695. The lowest BCUT2D eigenvalue weighted by molar-refractivity contribution is -0.155. The van der Waals surface area contributed by atoms with Gasteiger partial charge in [-0.15, -0.1) is 0 Å². The summed E-state index contributed by atoms with van der Waals surface area (Å²) in [5.41, 5.74) is 0. The fraction of sp³-hybridized carbons (Fsp3) is 0.900. The molecule has 1 saturated carbocycles. The smallest absolute Gasteiger partial charge is 0.302 e. The number of carbonyl (C=O) groups is 1. The molecule has 0 heterocycles. The van der Waals surface area contributed by atoms with Gasteiger partial charge in [-0.1, -0.05) is 13.8 Å². The molecule has 13 heavy (non-hydrogen) atoms. The summed E-state index contributed by atoms with van der Waals surface area (Å²) < 4.78 is 5.15. The Morgan fingerprint density at radius 2 is 2.00 bits per heavy atom. The number of esters is 1. The van der Waals surface area contributed by atoms with Crippen LogP contribution in [0.5, 0.6) is 0 Å². The lowest BCUT2D eigenvalue weighted by atomic mass is 9.79. The Kier molecular flexibility index (Phi) is 3.31. The van der Waals surface area contributed by atoms with Crippen molar-refractivity contribution < 1.29 is 14.6 Å². The Morgan fingerprint density at radius 1 is 1.38 bits per heavy atom. The van der Waals surface area contributed by atoms with E-state index < -0.39 is 0 Å². The predicted octanol–water partition coefficient (Wildman–Crippen LogP) is 1.34. The van der Waals surface area contributed by atoms with Crippen molar-refractivity contribution in [3.05, 3.63) is 0 Å². The first-order valence-corrected chi connectivity index (χ1v) is 4.86. The third-order valence-corrected chi connectivity index (χ3v) is 2.79. The van der Waals surface area contributed by atoms with Crippen molar-refractivity contribution in [1.82, 2.24) is 0 Å². The average molecular weight is 186 g/mol. The zero-order chi connectivity index (χ0) is 10.0. The molecule has 0 aromatic carbocycles. The molecule has 4 atom stereocenters. The quantitative estimate of drug-likeness (QED) is 0.629. The van der Waals surface area contributed by atoms with Gasteiger partial charge in [-0.25, -0.2) is 0 Å². The molecule has 3 nitrogen and oxygen atoms in total. The van der Waals surface area contributed by atoms with Gasteiger partial charge >= 0.3 is 5.97 Å². The van der Waals surface area contributed by atoms with E-state index in [2.05, 4.69) is 6.92 Å². The molecule has 0 unspecified atom stereocenters. The summed E-state index contributed by atoms with van der Waals surface area (Å²) >= 11 is 0. The van der Waals surface area contributed by atoms with Crippen LogP contribution in [0.2, 0.25) is 0 Å². The van der Waals surface area contributed by atoms with Crippen LogP contribution in [-0.4, -0.2) is 23.3 Å². The maximum absolute atomic E-state index is 10.8. The first kappa shape index (κ1) is 10.5. The summed E-state index contributed by atoms with van der Waals surface area (Å²) in [4.78, 5) is 10.8. The molecule has 1 fully saturated rings. The molecule has 0 spiro atoms. The Hall–Kier alpha value is -0.570. The van der Waals surface area contributed by atoms with Gasteiger partial charge in [-0.3, -0.25) is 4.79 Å². The van der Waals surface area contributed by atoms with Crippen LogP contribution in [0.25, 0.3) is 0 Å². The molecule has 0 bridgehead atoms. The molecule has 0 amide bonds. The highest BCUT2D eigenvalue weighted by Crippen LogP contribution is 2.30. The second kappa shape index (κ2) is 4.09. The Labute approximate surface area is 79.1 Å². The first-order valence-electron chi connectivity index (χ1n) is 4.86. The molecule has 0 radical (unpaired) electrons. The normalized spacial score (nSPS) is 40.0. The third kappa shape index (κ3) is 2.69. The molecular formula is C10H18O3. The van der Waals surface area contributed by atoms with Crippen molar-refractivity contribution in [3.63, 3.8) is 0 Å². The summed E-state index contributed by atoms with van der Waals surface area (Å²) in [5, 5.41) is 9.64. The minimum atomic E-state index is -0.326. The molecule has 1 aliphatic rings. The van der Waals surface area contributed by atoms with E-state index in [0.29, 0.717) is 5.92 Å². The zero-order valence-electron chi connectivity index (χ0n) is 8.49. The van der Waals surface area contributed by atoms with Crippen LogP contribution in [0.4, 0.5) is 0 Å². The summed E-state index contributed by atoms with van der Waals surface area (Å²) in [7, 11) is 0. The second-order valence-corrected chi connectivity index (χ2v) is 4.15. The van der Waals surface area contributed by atoms with Crippen molar-refractivity contribution in [2.24, 2.45) is 11.8 Å². The Balaban J connectivity index is 2.55. The molecular weight excluding hydrogens is 168 g/mol. The third-order valence-electron chi connectivity index (χ3n) is 2.79. The summed E-state index contributed by atoms with van der Waals surface area (Å²) in [6.45, 7) is 5.42. The van der Waals surface area contributed by atoms with Gasteiger partial charge in [-0.05, 0) is 18.8 Å². The van der Waals surface area contributed by atoms with Gasteiger partial charge in [0, 0.05) is 12.8 Å². The maximum Gasteiger partial charge on any atom is 0.302 e. The minimum Gasteiger partial charge on any atom is -0.462 e. The monoisotopic (exact) mass is 186 g/mol. The van der Waals surface area contributed by atoms with Gasteiger partial charge in [0.15, 0.2) is 0 Å². The summed E-state index contributed by atoms with van der Waals surface area (Å²) in [5.74, 6) is 0.258. The SMILES string of the molecule is CC(=O)O[C@@H]1C[C@H](C)C[C@H](O)[C@@H]1C. The highest BCUT2D eigenvalue weighted by atomic mass is 16.5. The largest absolute Gasteiger partial charge is 0.462 e. The summed E-state index contributed by atoms with van der Waals surface area (Å²) in [6.07, 6.45) is 1.26. The zero-order valence-corrected chi connectivity index (χ0v) is 8.49. The van der Waals surface area contributed by atoms with Crippen LogP contribution >= 0.6 is 0 Å². The van der Waals surface area contributed by atoms with Crippen molar-refractivity contribution >= 4 is 5.97 Å². The van der Waals surface area contributed by atoms with Crippen molar-refractivity contribution in [2.45, 2.75) is 45.8 Å². The Bertz CT molecular complexity index is 191. The number of aliphatic hydroxyl groups excluding tert-OH is 1. The van der Waals surface area contributed by atoms with Crippen LogP contribution in [-0.2, 0) is 9.53 Å². The number of aliphatic hydroxyl groups is 1. The number of hydrogen-bond acceptors (Lipinski definition) is 3. The van der Waals surface area contributed by atoms with E-state index >= 15 is 0 Å². The number of ether oxygens (including phenoxy) is 1. The molecule has 0 aromatic heterocycles. The van der Waals surface area contributed by atoms with Crippen molar-refractivity contribution in [3.8, 4) is 0 Å². The number of hydrogen-bond donors (Lipinski definition) is 1. The molecule has 0 saturated heterocycles. The fourth-order valence-electron chi connectivity index (χ4n) is 1.95. The number of rotatable bonds is 1. The summed E-state index contributed by atoms with van der Waals surface area (Å²) in [6, 6.07) is 0. The fourth-order valence-corrected chi connectivity index (χ4v) is 1.95. The molecule has 0 aromatic rings. The standard InChI is InChI=1S/C10H18O3/c1-6-4-9(12)7(2)10(5-6)13-8(3)11/h6-7,9-10,12H,4-5H2,1-3H3/t6-,7+,9+,10-/m1/s1. The van der Waals surface area contributed by atoms with Gasteiger partial charge < -0.3 is 9.84 Å². The lowest BCUT2D eigenvalue weighted by Gasteiger charge is -2.35. The highest BCUT2D eigenvalue weighted by molar-refractivity contribution is 5.66. The average Bonchev–Trinajstić information content (AvgIpc) is 1.98. The maximum atomic E-state index is 10.8. The molecule has 1 N–H and O–H groups in total. The number of carbonyl (C=O) groups excluding carboxylic acids is 1. The van der Waals surface area contributed by atoms with E-state index in [1.807, 2.05) is 6.92 Å². The van der Waals surface area contributed by atoms with E-state index in [1.54, 1.807) is 0 Å². The molecule has 76 valence electrons. The lowest BCUT2D eigenvalue weighted by Crippen LogP contribution is -2.39. The molecule has 1 rings (SSSR count). The van der Waals surface area contributed by atoms with E-state index in [-0.39, 0.29) is 24.1 Å². The second-order valence-electron chi connectivity index (χ2n) is 4.15. The van der Waals surface area contributed by atoms with Crippen LogP contribution in [0.3, 0.4) is 0 Å². The van der Waals surface area contributed by atoms with E-state index in [4.69, 9.17) is 4.74 Å². The molecule has 1 aliphatic carbocycles. The molecule has 0 aliphatic heterocycles. The highest BCUT2D eigenvalue weighted by Gasteiger charge is 2.34. The topological polar surface area (TPSA) is 46.5 Å². The van der Waals surface area contributed by atoms with E-state index in [9.17, 15) is 9.90 Å². The van der Waals surface area contributed by atoms with Crippen LogP contribution in [0.15, 0.2) is 0 Å². The van der Waals surface area contributed by atoms with Gasteiger partial charge in [0.2, 0.25) is 0 Å². The van der Waals surface area contributed by atoms with E-state index in [1.165, 1.54) is 6.92 Å². The predicted molar refractivity (Wildman–Crippen MR) is 49.1 cm³/mol.